The summed E-state index contributed by atoms with van der Waals surface area (Å²) in [7, 11) is 0. The third-order valence-electron chi connectivity index (χ3n) is 6.11. The Kier molecular flexibility index (Phi) is 5.41. The maximum atomic E-state index is 13.1. The van der Waals surface area contributed by atoms with E-state index in [1.807, 2.05) is 4.90 Å². The molecule has 0 spiro atoms. The number of hydrogen-bond donors (Lipinski definition) is 0. The summed E-state index contributed by atoms with van der Waals surface area (Å²) >= 11 is 1.75. The number of carbonyl (C=O) groups excluding carboxylic acids is 1. The average molecular weight is 415 g/mol. The summed E-state index contributed by atoms with van der Waals surface area (Å²) in [5.74, 6) is 0.380. The topological polar surface area (TPSA) is 25.2 Å². The highest BCUT2D eigenvalue weighted by Crippen LogP contribution is 2.37. The van der Waals surface area contributed by atoms with Crippen LogP contribution >= 0.6 is 11.3 Å². The van der Waals surface area contributed by atoms with Gasteiger partial charge >= 0.3 is 0 Å². The molecule has 1 fully saturated rings. The van der Waals surface area contributed by atoms with Crippen molar-refractivity contribution in [2.45, 2.75) is 31.7 Å². The highest BCUT2D eigenvalue weighted by Gasteiger charge is 2.27. The lowest BCUT2D eigenvalue weighted by Crippen LogP contribution is -2.29. The Bertz CT molecular complexity index is 1120. The molecule has 1 saturated heterocycles. The van der Waals surface area contributed by atoms with Gasteiger partial charge in [-0.1, -0.05) is 54.6 Å². The van der Waals surface area contributed by atoms with Gasteiger partial charge in [-0.05, 0) is 41.5 Å². The lowest BCUT2D eigenvalue weighted by Gasteiger charge is -2.20. The number of likely N-dealkylation sites (tertiary alicyclic amines) is 1. The molecule has 3 nitrogen and oxygen atoms in total. The Morgan fingerprint density at radius 3 is 2.47 bits per heavy atom. The number of benzene rings is 2. The van der Waals surface area contributed by atoms with Gasteiger partial charge in [-0.2, -0.15) is 0 Å². The molecule has 0 bridgehead atoms. The second kappa shape index (κ2) is 8.49. The smallest absolute Gasteiger partial charge is 0.223 e. The number of para-hydroxylation sites is 1. The zero-order valence-electron chi connectivity index (χ0n) is 17.0. The first-order valence-electron chi connectivity index (χ1n) is 10.7. The molecule has 3 heterocycles. The van der Waals surface area contributed by atoms with Crippen molar-refractivity contribution in [2.24, 2.45) is 0 Å². The minimum atomic E-state index is 0.0972. The maximum Gasteiger partial charge on any atom is 0.223 e. The predicted octanol–water partition coefficient (Wildman–Crippen LogP) is 5.90. The Morgan fingerprint density at radius 1 is 0.933 bits per heavy atom. The molecule has 2 aromatic heterocycles. The van der Waals surface area contributed by atoms with E-state index in [-0.39, 0.29) is 11.8 Å². The van der Waals surface area contributed by atoms with Gasteiger partial charge in [-0.15, -0.1) is 11.3 Å². The summed E-state index contributed by atoms with van der Waals surface area (Å²) in [5, 5.41) is 3.37. The molecule has 0 aliphatic carbocycles. The number of aromatic nitrogens is 1. The van der Waals surface area contributed by atoms with Crippen molar-refractivity contribution in [3.63, 3.8) is 0 Å². The predicted molar refractivity (Wildman–Crippen MR) is 124 cm³/mol. The summed E-state index contributed by atoms with van der Waals surface area (Å²) in [6, 6.07) is 23.4. The normalized spacial score (nSPS) is 15.0. The van der Waals surface area contributed by atoms with Crippen LogP contribution in [0.5, 0.6) is 0 Å². The Morgan fingerprint density at radius 2 is 1.70 bits per heavy atom. The third-order valence-corrected chi connectivity index (χ3v) is 7.10. The van der Waals surface area contributed by atoms with E-state index in [9.17, 15) is 4.79 Å². The van der Waals surface area contributed by atoms with Crippen molar-refractivity contribution in [3.05, 3.63) is 94.3 Å². The first-order valence-corrected chi connectivity index (χ1v) is 11.6. The standard InChI is InChI=1S/C26H26N2OS/c29-26(27-14-6-7-15-27)17-22(25-13-8-16-30-25)23-19-28(18-20-9-2-1-3-10-20)24-12-5-4-11-21(23)24/h1-5,8-13,16,19,22H,6-7,14-15,17-18H2. The van der Waals surface area contributed by atoms with E-state index in [4.69, 9.17) is 0 Å². The molecule has 1 atom stereocenters. The van der Waals surface area contributed by atoms with Gasteiger partial charge in [0.05, 0.1) is 0 Å². The summed E-state index contributed by atoms with van der Waals surface area (Å²) in [4.78, 5) is 16.4. The van der Waals surface area contributed by atoms with Crippen LogP contribution in [0, 0.1) is 0 Å². The van der Waals surface area contributed by atoms with Crippen LogP contribution in [0.3, 0.4) is 0 Å². The number of amides is 1. The molecular formula is C26H26N2OS. The van der Waals surface area contributed by atoms with E-state index in [1.165, 1.54) is 26.9 Å². The first-order chi connectivity index (χ1) is 14.8. The molecule has 1 aliphatic heterocycles. The van der Waals surface area contributed by atoms with Crippen molar-refractivity contribution in [1.29, 1.82) is 0 Å². The van der Waals surface area contributed by atoms with Crippen molar-refractivity contribution < 1.29 is 4.79 Å². The Labute approximate surface area is 181 Å². The molecule has 30 heavy (non-hydrogen) atoms. The van der Waals surface area contributed by atoms with Gasteiger partial charge < -0.3 is 9.47 Å². The van der Waals surface area contributed by atoms with Crippen molar-refractivity contribution in [2.75, 3.05) is 13.1 Å². The van der Waals surface area contributed by atoms with Crippen LogP contribution in [0.4, 0.5) is 0 Å². The largest absolute Gasteiger partial charge is 0.343 e. The Balaban J connectivity index is 1.55. The van der Waals surface area contributed by atoms with E-state index < -0.39 is 0 Å². The second-order valence-electron chi connectivity index (χ2n) is 8.08. The molecule has 2 aromatic carbocycles. The molecule has 1 amide bonds. The monoisotopic (exact) mass is 414 g/mol. The van der Waals surface area contributed by atoms with Crippen molar-refractivity contribution >= 4 is 28.1 Å². The number of fused-ring (bicyclic) bond motifs is 1. The molecule has 0 radical (unpaired) electrons. The Hall–Kier alpha value is -2.85. The van der Waals surface area contributed by atoms with E-state index in [0.717, 1.165) is 32.5 Å². The summed E-state index contributed by atoms with van der Waals surface area (Å²) in [5.41, 5.74) is 3.77. The molecule has 1 unspecified atom stereocenters. The maximum absolute atomic E-state index is 13.1. The molecular weight excluding hydrogens is 388 g/mol. The van der Waals surface area contributed by atoms with E-state index in [0.29, 0.717) is 6.42 Å². The third kappa shape index (κ3) is 3.80. The molecule has 4 aromatic rings. The molecule has 1 aliphatic rings. The number of nitrogens with zero attached hydrogens (tertiary/aromatic N) is 2. The van der Waals surface area contributed by atoms with Gasteiger partial charge in [0.2, 0.25) is 5.91 Å². The second-order valence-corrected chi connectivity index (χ2v) is 9.05. The molecule has 0 saturated carbocycles. The van der Waals surface area contributed by atoms with Crippen LogP contribution in [0.1, 0.15) is 41.2 Å². The van der Waals surface area contributed by atoms with Crippen LogP contribution in [0.15, 0.2) is 78.3 Å². The number of carbonyl (C=O) groups is 1. The van der Waals surface area contributed by atoms with E-state index >= 15 is 0 Å². The fraction of sp³-hybridized carbons (Fsp3) is 0.269. The van der Waals surface area contributed by atoms with Crippen molar-refractivity contribution in [3.8, 4) is 0 Å². The van der Waals surface area contributed by atoms with Crippen LogP contribution in [-0.4, -0.2) is 28.5 Å². The highest BCUT2D eigenvalue weighted by atomic mass is 32.1. The fourth-order valence-electron chi connectivity index (χ4n) is 4.59. The van der Waals surface area contributed by atoms with E-state index in [1.54, 1.807) is 11.3 Å². The van der Waals surface area contributed by atoms with Gasteiger partial charge in [0, 0.05) is 53.9 Å². The number of thiophene rings is 1. The summed E-state index contributed by atoms with van der Waals surface area (Å²) in [6.45, 7) is 2.65. The zero-order valence-corrected chi connectivity index (χ0v) is 17.9. The number of rotatable bonds is 6. The number of hydrogen-bond acceptors (Lipinski definition) is 2. The lowest BCUT2D eigenvalue weighted by atomic mass is 9.93. The minimum Gasteiger partial charge on any atom is -0.343 e. The minimum absolute atomic E-state index is 0.0972. The van der Waals surface area contributed by atoms with Gasteiger partial charge in [0.1, 0.15) is 0 Å². The summed E-state index contributed by atoms with van der Waals surface area (Å²) < 4.78 is 2.33. The zero-order chi connectivity index (χ0) is 20.3. The average Bonchev–Trinajstić information content (AvgIpc) is 3.55. The van der Waals surface area contributed by atoms with Crippen LogP contribution in [-0.2, 0) is 11.3 Å². The SMILES string of the molecule is O=C(CC(c1cccs1)c1cn(Cc2ccccc2)c2ccccc12)N1CCCC1. The first kappa shape index (κ1) is 19.1. The summed E-state index contributed by atoms with van der Waals surface area (Å²) in [6.07, 6.45) is 5.08. The van der Waals surface area contributed by atoms with Gasteiger partial charge in [0.25, 0.3) is 0 Å². The molecule has 0 N–H and O–H groups in total. The highest BCUT2D eigenvalue weighted by molar-refractivity contribution is 7.10. The molecule has 5 rings (SSSR count). The van der Waals surface area contributed by atoms with Crippen LogP contribution < -0.4 is 0 Å². The fourth-order valence-corrected chi connectivity index (χ4v) is 5.43. The van der Waals surface area contributed by atoms with Crippen LogP contribution in [0.2, 0.25) is 0 Å². The van der Waals surface area contributed by atoms with Crippen molar-refractivity contribution in [1.82, 2.24) is 9.47 Å². The quantitative estimate of drug-likeness (QED) is 0.386. The molecule has 4 heteroatoms. The van der Waals surface area contributed by atoms with E-state index in [2.05, 4.69) is 82.9 Å². The lowest BCUT2D eigenvalue weighted by molar-refractivity contribution is -0.130. The van der Waals surface area contributed by atoms with Gasteiger partial charge in [0.15, 0.2) is 0 Å². The van der Waals surface area contributed by atoms with Gasteiger partial charge in [-0.25, -0.2) is 0 Å². The van der Waals surface area contributed by atoms with Gasteiger partial charge in [-0.3, -0.25) is 4.79 Å². The van der Waals surface area contributed by atoms with Crippen LogP contribution in [0.25, 0.3) is 10.9 Å². The molecule has 152 valence electrons.